The number of hydrogen-bond donors (Lipinski definition) is 1. The fourth-order valence-corrected chi connectivity index (χ4v) is 2.32. The molecule has 0 radical (unpaired) electrons. The minimum absolute atomic E-state index is 0.308. The molecule has 1 N–H and O–H groups in total. The number of aryl methyl sites for hydroxylation is 2. The molecule has 1 unspecified atom stereocenters. The van der Waals surface area contributed by atoms with E-state index in [0.29, 0.717) is 11.5 Å². The lowest BCUT2D eigenvalue weighted by atomic mass is 9.82. The predicted octanol–water partition coefficient (Wildman–Crippen LogP) is 2.30. The van der Waals surface area contributed by atoms with Gasteiger partial charge in [-0.05, 0) is 45.2 Å². The topological polar surface area (TPSA) is 29.9 Å². The molecule has 0 fully saturated rings. The van der Waals surface area contributed by atoms with Gasteiger partial charge in [-0.3, -0.25) is 4.68 Å². The maximum atomic E-state index is 4.40. The van der Waals surface area contributed by atoms with Crippen molar-refractivity contribution in [2.24, 2.45) is 12.5 Å². The van der Waals surface area contributed by atoms with Crippen LogP contribution in [0.5, 0.6) is 0 Å². The van der Waals surface area contributed by atoms with Crippen LogP contribution in [0.25, 0.3) is 0 Å². The molecule has 16 heavy (non-hydrogen) atoms. The van der Waals surface area contributed by atoms with E-state index in [0.717, 1.165) is 12.1 Å². The minimum atomic E-state index is 0.308. The Balaban J connectivity index is 2.68. The first-order chi connectivity index (χ1) is 7.34. The molecule has 3 nitrogen and oxygen atoms in total. The van der Waals surface area contributed by atoms with E-state index in [2.05, 4.69) is 37.3 Å². The Bertz CT molecular complexity index is 339. The van der Waals surface area contributed by atoms with E-state index < -0.39 is 0 Å². The molecule has 1 aromatic heterocycles. The van der Waals surface area contributed by atoms with E-state index in [1.165, 1.54) is 12.1 Å². The Labute approximate surface area is 99.2 Å². The van der Waals surface area contributed by atoms with Gasteiger partial charge in [-0.15, -0.1) is 0 Å². The molecule has 0 aromatic carbocycles. The quantitative estimate of drug-likeness (QED) is 0.830. The summed E-state index contributed by atoms with van der Waals surface area (Å²) in [4.78, 5) is 0. The predicted molar refractivity (Wildman–Crippen MR) is 68.6 cm³/mol. The van der Waals surface area contributed by atoms with E-state index in [-0.39, 0.29) is 0 Å². The maximum absolute atomic E-state index is 4.40. The molecule has 0 aliphatic rings. The highest BCUT2D eigenvalue weighted by atomic mass is 15.3. The summed E-state index contributed by atoms with van der Waals surface area (Å²) in [5.74, 6) is 0. The Hall–Kier alpha value is -0.830. The molecule has 1 atom stereocenters. The molecule has 1 rings (SSSR count). The second-order valence-corrected chi connectivity index (χ2v) is 5.64. The summed E-state index contributed by atoms with van der Waals surface area (Å²) in [7, 11) is 4.05. The van der Waals surface area contributed by atoms with Crippen LogP contribution in [0.3, 0.4) is 0 Å². The van der Waals surface area contributed by atoms with Crippen molar-refractivity contribution in [1.82, 2.24) is 15.1 Å². The summed E-state index contributed by atoms with van der Waals surface area (Å²) in [5.41, 5.74) is 2.74. The molecule has 1 heterocycles. The van der Waals surface area contributed by atoms with Crippen LogP contribution in [0.15, 0.2) is 6.07 Å². The van der Waals surface area contributed by atoms with Crippen molar-refractivity contribution >= 4 is 0 Å². The highest BCUT2D eigenvalue weighted by Gasteiger charge is 2.22. The van der Waals surface area contributed by atoms with Gasteiger partial charge >= 0.3 is 0 Å². The molecular formula is C13H25N3. The molecular weight excluding hydrogens is 198 g/mol. The average molecular weight is 223 g/mol. The second-order valence-electron chi connectivity index (χ2n) is 5.64. The Morgan fingerprint density at radius 3 is 2.56 bits per heavy atom. The summed E-state index contributed by atoms with van der Waals surface area (Å²) in [6, 6.07) is 2.75. The van der Waals surface area contributed by atoms with Crippen molar-refractivity contribution in [3.8, 4) is 0 Å². The smallest absolute Gasteiger partial charge is 0.0596 e. The minimum Gasteiger partial charge on any atom is -0.317 e. The van der Waals surface area contributed by atoms with Crippen LogP contribution in [0.1, 0.15) is 38.6 Å². The highest BCUT2D eigenvalue weighted by Crippen LogP contribution is 2.27. The number of nitrogens with one attached hydrogen (secondary N) is 1. The second kappa shape index (κ2) is 5.00. The van der Waals surface area contributed by atoms with Gasteiger partial charge in [-0.2, -0.15) is 5.10 Å². The van der Waals surface area contributed by atoms with Gasteiger partial charge in [0, 0.05) is 18.8 Å². The third-order valence-electron chi connectivity index (χ3n) is 3.11. The molecule has 0 aliphatic heterocycles. The van der Waals surface area contributed by atoms with Gasteiger partial charge in [0.2, 0.25) is 0 Å². The SMILES string of the molecule is CNC(C)CC(C)(C)Cc1cc(C)nn1C. The molecule has 92 valence electrons. The highest BCUT2D eigenvalue weighted by molar-refractivity contribution is 5.10. The summed E-state index contributed by atoms with van der Waals surface area (Å²) in [5, 5.41) is 7.70. The van der Waals surface area contributed by atoms with Gasteiger partial charge in [0.05, 0.1) is 5.69 Å². The van der Waals surface area contributed by atoms with Crippen molar-refractivity contribution in [3.05, 3.63) is 17.5 Å². The first kappa shape index (κ1) is 13.2. The molecule has 0 amide bonds. The van der Waals surface area contributed by atoms with Crippen molar-refractivity contribution in [2.75, 3.05) is 7.05 Å². The zero-order valence-electron chi connectivity index (χ0n) is 11.5. The Morgan fingerprint density at radius 2 is 2.12 bits per heavy atom. The lowest BCUT2D eigenvalue weighted by Crippen LogP contribution is -2.30. The average Bonchev–Trinajstić information content (AvgIpc) is 2.43. The Morgan fingerprint density at radius 1 is 1.50 bits per heavy atom. The lowest BCUT2D eigenvalue weighted by molar-refractivity contribution is 0.287. The van der Waals surface area contributed by atoms with Crippen LogP contribution >= 0.6 is 0 Å². The summed E-state index contributed by atoms with van der Waals surface area (Å²) in [6.45, 7) is 8.93. The van der Waals surface area contributed by atoms with Crippen molar-refractivity contribution in [3.63, 3.8) is 0 Å². The van der Waals surface area contributed by atoms with Gasteiger partial charge < -0.3 is 5.32 Å². The Kier molecular flexibility index (Phi) is 4.14. The van der Waals surface area contributed by atoms with Crippen LogP contribution in [-0.2, 0) is 13.5 Å². The van der Waals surface area contributed by atoms with Crippen LogP contribution in [0, 0.1) is 12.3 Å². The van der Waals surface area contributed by atoms with Crippen LogP contribution < -0.4 is 5.32 Å². The van der Waals surface area contributed by atoms with Gasteiger partial charge in [0.1, 0.15) is 0 Å². The first-order valence-corrected chi connectivity index (χ1v) is 6.01. The molecule has 0 bridgehead atoms. The van der Waals surface area contributed by atoms with Gasteiger partial charge in [0.25, 0.3) is 0 Å². The summed E-state index contributed by atoms with van der Waals surface area (Å²) >= 11 is 0. The number of aromatic nitrogens is 2. The molecule has 0 spiro atoms. The van der Waals surface area contributed by atoms with Gasteiger partial charge in [-0.1, -0.05) is 13.8 Å². The fraction of sp³-hybridized carbons (Fsp3) is 0.769. The van der Waals surface area contributed by atoms with Crippen molar-refractivity contribution in [1.29, 1.82) is 0 Å². The van der Waals surface area contributed by atoms with Gasteiger partial charge in [-0.25, -0.2) is 0 Å². The first-order valence-electron chi connectivity index (χ1n) is 6.01. The molecule has 1 aromatic rings. The molecule has 0 aliphatic carbocycles. The van der Waals surface area contributed by atoms with Gasteiger partial charge in [0.15, 0.2) is 0 Å². The summed E-state index contributed by atoms with van der Waals surface area (Å²) < 4.78 is 2.00. The van der Waals surface area contributed by atoms with Crippen LogP contribution in [0.2, 0.25) is 0 Å². The van der Waals surface area contributed by atoms with E-state index in [1.807, 2.05) is 25.7 Å². The number of rotatable bonds is 5. The number of nitrogens with zero attached hydrogens (tertiary/aromatic N) is 2. The molecule has 3 heteroatoms. The molecule has 0 saturated heterocycles. The maximum Gasteiger partial charge on any atom is 0.0596 e. The van der Waals surface area contributed by atoms with E-state index in [1.54, 1.807) is 0 Å². The van der Waals surface area contributed by atoms with Crippen molar-refractivity contribution in [2.45, 2.75) is 46.6 Å². The summed E-state index contributed by atoms with van der Waals surface area (Å²) in [6.07, 6.45) is 2.25. The van der Waals surface area contributed by atoms with Crippen LogP contribution in [-0.4, -0.2) is 22.9 Å². The van der Waals surface area contributed by atoms with E-state index in [9.17, 15) is 0 Å². The third kappa shape index (κ3) is 3.63. The zero-order valence-corrected chi connectivity index (χ0v) is 11.5. The normalized spacial score (nSPS) is 14.1. The van der Waals surface area contributed by atoms with Crippen molar-refractivity contribution < 1.29 is 0 Å². The van der Waals surface area contributed by atoms with E-state index >= 15 is 0 Å². The lowest BCUT2D eigenvalue weighted by Gasteiger charge is -2.27. The van der Waals surface area contributed by atoms with Crippen LogP contribution in [0.4, 0.5) is 0 Å². The zero-order chi connectivity index (χ0) is 12.3. The third-order valence-corrected chi connectivity index (χ3v) is 3.11. The standard InChI is InChI=1S/C13H25N3/c1-10-7-12(16(6)15-10)9-13(3,4)8-11(2)14-5/h7,11,14H,8-9H2,1-6H3. The molecule has 0 saturated carbocycles. The van der Waals surface area contributed by atoms with E-state index in [4.69, 9.17) is 0 Å². The fourth-order valence-electron chi connectivity index (χ4n) is 2.32. The monoisotopic (exact) mass is 223 g/mol. The largest absolute Gasteiger partial charge is 0.317 e. The number of hydrogen-bond acceptors (Lipinski definition) is 2.